The molecule has 5 aliphatic rings. The zero-order chi connectivity index (χ0) is 78.0. The molecule has 5 aliphatic carbocycles. The van der Waals surface area contributed by atoms with Crippen LogP contribution in [-0.4, -0.2) is 129 Å². The van der Waals surface area contributed by atoms with E-state index in [2.05, 4.69) is 13.2 Å². The van der Waals surface area contributed by atoms with Gasteiger partial charge >= 0.3 is 17.9 Å². The van der Waals surface area contributed by atoms with E-state index in [0.29, 0.717) is 51.0 Å². The van der Waals surface area contributed by atoms with Gasteiger partial charge in [-0.05, 0) is 147 Å². The summed E-state index contributed by atoms with van der Waals surface area (Å²) < 4.78 is 123. The minimum atomic E-state index is -4.16. The third-order valence-electron chi connectivity index (χ3n) is 18.1. The summed E-state index contributed by atoms with van der Waals surface area (Å²) >= 11 is 1.67. The van der Waals surface area contributed by atoms with Crippen molar-refractivity contribution in [3.05, 3.63) is 284 Å². The summed E-state index contributed by atoms with van der Waals surface area (Å²) in [5.74, 6) is -3.62. The molecular formula is C82H75FN4O18S5. The van der Waals surface area contributed by atoms with Crippen molar-refractivity contribution < 1.29 is 87.9 Å². The van der Waals surface area contributed by atoms with Crippen molar-refractivity contribution in [2.75, 3.05) is 24.8 Å². The molecule has 110 heavy (non-hydrogen) atoms. The van der Waals surface area contributed by atoms with Gasteiger partial charge in [-0.25, -0.2) is 4.39 Å². The van der Waals surface area contributed by atoms with Gasteiger partial charge in [0, 0.05) is 46.0 Å². The maximum Gasteiger partial charge on any atom is 0.313 e. The van der Waals surface area contributed by atoms with Gasteiger partial charge in [0.15, 0.2) is 11.6 Å². The number of rotatable bonds is 25. The Hall–Kier alpha value is -10.8. The standard InChI is InChI=1S/C33H33FN2O6S.C25H25NO6S2.C24H17NO6S2/c34-26-12-6-8-23(18-26)21-42-22-36(17-16-32(37)38)31-20-30(28-14-4-5-15-29(28)33(31)39)35-43(40,41)27-13-7-11-25(19-27)24-9-2-1-3-10-24;27-24(28)16-33-23-15-22(20-9-5-6-10-21(20)25(23)29)26-34(30,31)19-13-11-18(12-14-19)32-17-7-3-1-2-4-8-17;26-23(27)15-32-22-14-21(19-11-4-5-12-20(19)24(22)28)25-33(29,30)18-10-6-9-17(13-18)31-16-7-2-1-3-8-16/h4-8,11-15,18-20,24H,1-3,9-10,16-17,21-22H2,(H,37,38);5-6,9-15,17H,1-4,7-8,16H2,(H,27,28);1-14H,15H2,(H,26,27). The first-order valence-corrected chi connectivity index (χ1v) is 41.5. The highest BCUT2D eigenvalue weighted by Crippen LogP contribution is 2.37. The molecule has 0 unspecified atom stereocenters. The van der Waals surface area contributed by atoms with E-state index in [-0.39, 0.29) is 114 Å². The van der Waals surface area contributed by atoms with Crippen LogP contribution in [0.15, 0.2) is 262 Å². The number of carboxylic acid groups (broad SMARTS) is 3. The Balaban J connectivity index is 0.000000166. The third kappa shape index (κ3) is 21.4. The number of thioether (sulfide) groups is 2. The first-order valence-electron chi connectivity index (χ1n) is 35.2. The Morgan fingerprint density at radius 1 is 0.455 bits per heavy atom. The number of nitrogens with zero attached hydrogens (tertiary/aromatic N) is 4. The largest absolute Gasteiger partial charge is 0.490 e. The van der Waals surface area contributed by atoms with Gasteiger partial charge in [0.2, 0.25) is 5.78 Å². The van der Waals surface area contributed by atoms with E-state index < -0.39 is 59.6 Å². The Morgan fingerprint density at radius 2 is 0.918 bits per heavy atom. The van der Waals surface area contributed by atoms with Crippen molar-refractivity contribution in [1.82, 2.24) is 4.90 Å². The van der Waals surface area contributed by atoms with Crippen LogP contribution >= 0.6 is 23.5 Å². The van der Waals surface area contributed by atoms with E-state index in [0.717, 1.165) is 80.5 Å². The number of benzene rings is 8. The Kier molecular flexibility index (Phi) is 27.1. The number of fused-ring (bicyclic) bond motifs is 3. The lowest BCUT2D eigenvalue weighted by Gasteiger charge is -2.29. The molecule has 0 aromatic heterocycles. The topological polar surface area (TPSA) is 334 Å². The number of hydrogen-bond acceptors (Lipinski definition) is 18. The summed E-state index contributed by atoms with van der Waals surface area (Å²) in [7, 11) is -12.4. The van der Waals surface area contributed by atoms with Crippen LogP contribution in [0, 0.1) is 5.82 Å². The lowest BCUT2D eigenvalue weighted by atomic mass is 9.84. The maximum atomic E-state index is 13.6. The number of carbonyl (C=O) groups excluding carboxylic acids is 3. The van der Waals surface area contributed by atoms with Crippen molar-refractivity contribution in [2.24, 2.45) is 13.2 Å². The van der Waals surface area contributed by atoms with Gasteiger partial charge in [0.25, 0.3) is 30.1 Å². The second kappa shape index (κ2) is 37.1. The van der Waals surface area contributed by atoms with E-state index in [9.17, 15) is 63.5 Å². The zero-order valence-corrected chi connectivity index (χ0v) is 63.2. The van der Waals surface area contributed by atoms with Crippen molar-refractivity contribution >= 4 is 106 Å². The molecular weight excluding hydrogens is 1510 g/mol. The summed E-state index contributed by atoms with van der Waals surface area (Å²) in [6.07, 6.45) is 16.1. The van der Waals surface area contributed by atoms with E-state index in [1.807, 2.05) is 12.1 Å². The maximum absolute atomic E-state index is 13.6. The molecule has 28 heteroatoms. The smallest absolute Gasteiger partial charge is 0.313 e. The van der Waals surface area contributed by atoms with E-state index >= 15 is 0 Å². The number of hydrogen-bond donors (Lipinski definition) is 3. The molecule has 0 heterocycles. The fourth-order valence-electron chi connectivity index (χ4n) is 12.7. The van der Waals surface area contributed by atoms with E-state index in [1.165, 1.54) is 84.9 Å². The first kappa shape index (κ1) is 80.3. The zero-order valence-electron chi connectivity index (χ0n) is 59.1. The monoisotopic (exact) mass is 1580 g/mol. The van der Waals surface area contributed by atoms with Crippen LogP contribution in [0.2, 0.25) is 0 Å². The van der Waals surface area contributed by atoms with Crippen molar-refractivity contribution in [3.63, 3.8) is 0 Å². The number of carbonyl (C=O) groups is 6. The lowest BCUT2D eigenvalue weighted by Crippen LogP contribution is -2.35. The molecule has 8 aromatic carbocycles. The third-order valence-corrected chi connectivity index (χ3v) is 24.0. The predicted molar refractivity (Wildman–Crippen MR) is 417 cm³/mol. The Morgan fingerprint density at radius 3 is 1.45 bits per heavy atom. The highest BCUT2D eigenvalue weighted by molar-refractivity contribution is 8.05. The number of ketones is 3. The van der Waals surface area contributed by atoms with Crippen LogP contribution in [0.3, 0.4) is 0 Å². The molecule has 22 nitrogen and oxygen atoms in total. The number of para-hydroxylation sites is 1. The second-order valence-corrected chi connectivity index (χ2v) is 32.8. The molecule has 0 saturated heterocycles. The van der Waals surface area contributed by atoms with Crippen molar-refractivity contribution in [3.8, 4) is 17.2 Å². The van der Waals surface area contributed by atoms with Crippen molar-refractivity contribution in [2.45, 2.75) is 110 Å². The van der Waals surface area contributed by atoms with E-state index in [4.69, 9.17) is 24.4 Å². The van der Waals surface area contributed by atoms with Gasteiger partial charge in [-0.3, -0.25) is 28.8 Å². The normalized spacial score (nSPS) is 16.4. The van der Waals surface area contributed by atoms with Crippen LogP contribution < -0.4 is 9.47 Å². The number of sulfonamides is 3. The number of ether oxygens (including phenoxy) is 3. The van der Waals surface area contributed by atoms with Crippen LogP contribution in [0.5, 0.6) is 17.2 Å². The molecule has 0 aliphatic heterocycles. The second-order valence-electron chi connectivity index (χ2n) is 25.9. The summed E-state index contributed by atoms with van der Waals surface area (Å²) in [6, 6.07) is 53.5. The molecule has 2 saturated carbocycles. The summed E-state index contributed by atoms with van der Waals surface area (Å²) in [5.41, 5.74) is 3.76. The average molecular weight is 1580 g/mol. The van der Waals surface area contributed by atoms with Crippen molar-refractivity contribution in [1.29, 1.82) is 0 Å². The minimum Gasteiger partial charge on any atom is -0.490 e. The van der Waals surface area contributed by atoms with Gasteiger partial charge in [0.05, 0.1) is 78.0 Å². The SMILES string of the molecule is O=C(O)CCN(COCc1cccc(F)c1)C1=CC(=NS(=O)(=O)c2cccc(C3CCCCC3)c2)c2ccccc2C1=O.O=C(O)CSC1=CC(=NS(=O)(=O)c2ccc(OC3CCCCCC3)cc2)c2ccccc2C1=O.O=C(O)CSC1=CC(=NS(=O)(=O)c2cccc(Oc3ccccc3)c2)c2ccccc2C1=O. The molecule has 0 radical (unpaired) electrons. The number of allylic oxidation sites excluding steroid dienone is 6. The Bertz CT molecular complexity index is 5360. The molecule has 3 N–H and O–H groups in total. The highest BCUT2D eigenvalue weighted by atomic mass is 32.2. The number of halogens is 1. The highest BCUT2D eigenvalue weighted by Gasteiger charge is 2.33. The molecule has 13 rings (SSSR count). The van der Waals surface area contributed by atoms with Crippen LogP contribution in [-0.2, 0) is 55.8 Å². The summed E-state index contributed by atoms with van der Waals surface area (Å²) in [5, 5.41) is 27.3. The fourth-order valence-corrected chi connectivity index (χ4v) is 17.2. The van der Waals surface area contributed by atoms with Gasteiger partial charge in [-0.1, -0.05) is 153 Å². The molecule has 0 spiro atoms. The molecule has 0 bridgehead atoms. The van der Waals surface area contributed by atoms with Gasteiger partial charge in [-0.15, -0.1) is 23.5 Å². The number of carboxylic acids is 3. The van der Waals surface area contributed by atoms with Crippen LogP contribution in [0.1, 0.15) is 142 Å². The number of aliphatic carboxylic acids is 3. The van der Waals surface area contributed by atoms with Crippen LogP contribution in [0.4, 0.5) is 4.39 Å². The van der Waals surface area contributed by atoms with Crippen LogP contribution in [0.25, 0.3) is 0 Å². The summed E-state index contributed by atoms with van der Waals surface area (Å²) in [6.45, 7) is -0.249. The van der Waals surface area contributed by atoms with Gasteiger partial charge in [-0.2, -0.15) is 38.4 Å². The molecule has 2 fully saturated rings. The predicted octanol–water partition coefficient (Wildman–Crippen LogP) is 15.5. The van der Waals surface area contributed by atoms with Gasteiger partial charge < -0.3 is 34.4 Å². The van der Waals surface area contributed by atoms with E-state index in [1.54, 1.807) is 146 Å². The first-order chi connectivity index (χ1) is 52.9. The molecule has 0 atom stereocenters. The average Bonchev–Trinajstić information content (AvgIpc) is 0.935. The number of Topliss-reactive ketones (excluding diaryl/α,β-unsaturated/α-hetero) is 3. The Labute approximate surface area is 644 Å². The van der Waals surface area contributed by atoms with Gasteiger partial charge in [0.1, 0.15) is 29.8 Å². The lowest BCUT2D eigenvalue weighted by molar-refractivity contribution is -0.138. The quantitative estimate of drug-likeness (QED) is 0.0353. The summed E-state index contributed by atoms with van der Waals surface area (Å²) in [4.78, 5) is 74.1. The fraction of sp³-hybridized carbons (Fsp3) is 0.232. The molecule has 8 aromatic rings. The minimum absolute atomic E-state index is 0.00994. The molecule has 568 valence electrons. The molecule has 0 amide bonds.